The lowest BCUT2D eigenvalue weighted by molar-refractivity contribution is -0.118. The van der Waals surface area contributed by atoms with E-state index in [9.17, 15) is 13.6 Å². The smallest absolute Gasteiger partial charge is 0.244 e. The van der Waals surface area contributed by atoms with Crippen molar-refractivity contribution in [3.63, 3.8) is 0 Å². The van der Waals surface area contributed by atoms with Gasteiger partial charge < -0.3 is 10.2 Å². The van der Waals surface area contributed by atoms with Crippen LogP contribution in [0.1, 0.15) is 13.3 Å². The Morgan fingerprint density at radius 2 is 2.06 bits per heavy atom. The van der Waals surface area contributed by atoms with Crippen LogP contribution in [0, 0.1) is 11.6 Å². The lowest BCUT2D eigenvalue weighted by Gasteiger charge is -2.18. The van der Waals surface area contributed by atoms with Crippen LogP contribution in [0.4, 0.5) is 14.5 Å². The van der Waals surface area contributed by atoms with Crippen LogP contribution in [-0.2, 0) is 4.79 Å². The molecule has 1 aromatic carbocycles. The summed E-state index contributed by atoms with van der Waals surface area (Å²) in [4.78, 5) is 13.1. The molecule has 1 fully saturated rings. The van der Waals surface area contributed by atoms with Gasteiger partial charge in [-0.1, -0.05) is 13.0 Å². The van der Waals surface area contributed by atoms with Crippen LogP contribution >= 0.6 is 0 Å². The zero-order valence-electron chi connectivity index (χ0n) is 9.54. The van der Waals surface area contributed by atoms with Crippen LogP contribution in [0.2, 0.25) is 0 Å². The summed E-state index contributed by atoms with van der Waals surface area (Å²) in [7, 11) is 0. The molecule has 1 aliphatic rings. The van der Waals surface area contributed by atoms with Gasteiger partial charge in [0, 0.05) is 6.54 Å². The number of carbonyl (C=O) groups is 1. The second-order valence-electron chi connectivity index (χ2n) is 3.96. The Hall–Kier alpha value is -1.49. The Morgan fingerprint density at radius 1 is 1.41 bits per heavy atom. The van der Waals surface area contributed by atoms with Crippen LogP contribution in [-0.4, -0.2) is 25.0 Å². The van der Waals surface area contributed by atoms with E-state index in [0.717, 1.165) is 12.1 Å². The molecule has 0 spiro atoms. The maximum Gasteiger partial charge on any atom is 0.244 e. The molecule has 1 saturated heterocycles. The molecule has 1 aromatic rings. The minimum Gasteiger partial charge on any atom is -0.306 e. The predicted octanol–water partition coefficient (Wildman–Crippen LogP) is 1.68. The number of hydrogen-bond acceptors (Lipinski definition) is 2. The second-order valence-corrected chi connectivity index (χ2v) is 3.96. The molecule has 2 rings (SSSR count). The van der Waals surface area contributed by atoms with Gasteiger partial charge in [-0.05, 0) is 25.1 Å². The van der Waals surface area contributed by atoms with Gasteiger partial charge in [-0.2, -0.15) is 0 Å². The van der Waals surface area contributed by atoms with Crippen molar-refractivity contribution < 1.29 is 13.6 Å². The van der Waals surface area contributed by atoms with E-state index >= 15 is 0 Å². The van der Waals surface area contributed by atoms with Gasteiger partial charge in [-0.25, -0.2) is 8.78 Å². The summed E-state index contributed by atoms with van der Waals surface area (Å²) in [6.07, 6.45) is 0.570. The number of benzene rings is 1. The zero-order chi connectivity index (χ0) is 12.4. The highest BCUT2D eigenvalue weighted by Gasteiger charge is 2.34. The molecule has 1 atom stereocenters. The highest BCUT2D eigenvalue weighted by atomic mass is 19.1. The summed E-state index contributed by atoms with van der Waals surface area (Å²) in [6, 6.07) is 3.27. The minimum atomic E-state index is -0.699. The molecule has 5 heteroatoms. The molecule has 1 N–H and O–H groups in total. The molecule has 0 aliphatic carbocycles. The fourth-order valence-corrected chi connectivity index (χ4v) is 2.08. The van der Waals surface area contributed by atoms with E-state index in [1.165, 1.54) is 11.0 Å². The molecule has 3 nitrogen and oxygen atoms in total. The summed E-state index contributed by atoms with van der Waals surface area (Å²) in [5.74, 6) is -1.66. The van der Waals surface area contributed by atoms with Gasteiger partial charge in [0.2, 0.25) is 5.91 Å². The van der Waals surface area contributed by atoms with Crippen molar-refractivity contribution in [3.8, 4) is 0 Å². The number of carbonyl (C=O) groups excluding carboxylic acids is 1. The number of anilines is 1. The molecule has 0 radical (unpaired) electrons. The summed E-state index contributed by atoms with van der Waals surface area (Å²) in [5, 5.41) is 3.00. The largest absolute Gasteiger partial charge is 0.306 e. The molecule has 17 heavy (non-hydrogen) atoms. The number of amides is 1. The maximum absolute atomic E-state index is 13.5. The van der Waals surface area contributed by atoms with Crippen molar-refractivity contribution in [1.82, 2.24) is 5.32 Å². The predicted molar refractivity (Wildman–Crippen MR) is 60.8 cm³/mol. The number of hydrogen-bond donors (Lipinski definition) is 1. The van der Waals surface area contributed by atoms with Crippen LogP contribution in [0.5, 0.6) is 0 Å². The van der Waals surface area contributed by atoms with Gasteiger partial charge in [0.15, 0.2) is 0 Å². The average Bonchev–Trinajstić information content (AvgIpc) is 2.62. The first-order valence-corrected chi connectivity index (χ1v) is 5.64. The van der Waals surface area contributed by atoms with Crippen LogP contribution in [0.3, 0.4) is 0 Å². The van der Waals surface area contributed by atoms with Crippen molar-refractivity contribution in [2.75, 3.05) is 18.0 Å². The van der Waals surface area contributed by atoms with E-state index in [-0.39, 0.29) is 17.6 Å². The van der Waals surface area contributed by atoms with E-state index in [2.05, 4.69) is 5.32 Å². The monoisotopic (exact) mass is 240 g/mol. The first-order chi connectivity index (χ1) is 8.15. The lowest BCUT2D eigenvalue weighted by Crippen LogP contribution is -2.38. The van der Waals surface area contributed by atoms with Gasteiger partial charge >= 0.3 is 0 Å². The molecule has 1 amide bonds. The minimum absolute atomic E-state index is 0.238. The van der Waals surface area contributed by atoms with E-state index in [1.54, 1.807) is 0 Å². The molecule has 1 heterocycles. The van der Waals surface area contributed by atoms with Crippen LogP contribution in [0.15, 0.2) is 18.2 Å². The Morgan fingerprint density at radius 3 is 2.65 bits per heavy atom. The maximum atomic E-state index is 13.5. The van der Waals surface area contributed by atoms with Gasteiger partial charge in [0.05, 0.1) is 6.04 Å². The van der Waals surface area contributed by atoms with Crippen LogP contribution in [0.25, 0.3) is 0 Å². The number of halogens is 2. The topological polar surface area (TPSA) is 32.3 Å². The number of likely N-dealkylation sites (N-methyl/N-ethyl adjacent to an activating group) is 1. The van der Waals surface area contributed by atoms with Crippen molar-refractivity contribution in [2.45, 2.75) is 19.4 Å². The third-order valence-corrected chi connectivity index (χ3v) is 2.86. The van der Waals surface area contributed by atoms with Gasteiger partial charge in [0.25, 0.3) is 0 Å². The van der Waals surface area contributed by atoms with E-state index in [0.29, 0.717) is 19.5 Å². The fraction of sp³-hybridized carbons (Fsp3) is 0.417. The van der Waals surface area contributed by atoms with Crippen molar-refractivity contribution in [1.29, 1.82) is 0 Å². The SMILES string of the molecule is CCNC1CCN(c2c(F)cccc2F)C1=O. The number of nitrogens with one attached hydrogen (secondary N) is 1. The molecule has 0 aromatic heterocycles. The van der Waals surface area contributed by atoms with Crippen molar-refractivity contribution in [2.24, 2.45) is 0 Å². The molecular formula is C12H14F2N2O. The highest BCUT2D eigenvalue weighted by molar-refractivity contribution is 5.99. The summed E-state index contributed by atoms with van der Waals surface area (Å²) >= 11 is 0. The third-order valence-electron chi connectivity index (χ3n) is 2.86. The van der Waals surface area contributed by atoms with E-state index < -0.39 is 11.6 Å². The molecule has 1 aliphatic heterocycles. The van der Waals surface area contributed by atoms with Crippen LogP contribution < -0.4 is 10.2 Å². The average molecular weight is 240 g/mol. The Labute approximate surface area is 98.4 Å². The fourth-order valence-electron chi connectivity index (χ4n) is 2.08. The summed E-state index contributed by atoms with van der Waals surface area (Å²) in [6.45, 7) is 2.89. The highest BCUT2D eigenvalue weighted by Crippen LogP contribution is 2.27. The molecule has 0 bridgehead atoms. The summed E-state index contributed by atoms with van der Waals surface area (Å²) < 4.78 is 27.1. The number of para-hydroxylation sites is 1. The molecule has 92 valence electrons. The Kier molecular flexibility index (Phi) is 3.38. The quantitative estimate of drug-likeness (QED) is 0.871. The number of rotatable bonds is 3. The summed E-state index contributed by atoms with van der Waals surface area (Å²) in [5.41, 5.74) is -0.238. The normalized spacial score (nSPS) is 20.1. The van der Waals surface area contributed by atoms with Gasteiger partial charge in [-0.3, -0.25) is 4.79 Å². The van der Waals surface area contributed by atoms with Gasteiger partial charge in [-0.15, -0.1) is 0 Å². The van der Waals surface area contributed by atoms with Crippen molar-refractivity contribution >= 4 is 11.6 Å². The second kappa shape index (κ2) is 4.79. The third kappa shape index (κ3) is 2.15. The lowest BCUT2D eigenvalue weighted by atomic mass is 10.2. The van der Waals surface area contributed by atoms with Crippen molar-refractivity contribution in [3.05, 3.63) is 29.8 Å². The molecule has 0 saturated carbocycles. The first-order valence-electron chi connectivity index (χ1n) is 5.64. The first kappa shape index (κ1) is 12.0. The van der Waals surface area contributed by atoms with E-state index in [4.69, 9.17) is 0 Å². The molecule has 1 unspecified atom stereocenters. The Bertz CT molecular complexity index is 416. The Balaban J connectivity index is 2.27. The standard InChI is InChI=1S/C12H14F2N2O/c1-2-15-10-6-7-16(12(10)17)11-8(13)4-3-5-9(11)14/h3-5,10,15H,2,6-7H2,1H3. The van der Waals surface area contributed by atoms with E-state index in [1.807, 2.05) is 6.92 Å². The molecular weight excluding hydrogens is 226 g/mol. The van der Waals surface area contributed by atoms with Gasteiger partial charge in [0.1, 0.15) is 17.3 Å². The zero-order valence-corrected chi connectivity index (χ0v) is 9.54. The number of nitrogens with zero attached hydrogens (tertiary/aromatic N) is 1.